The van der Waals surface area contributed by atoms with E-state index in [0.717, 1.165) is 37.0 Å². The van der Waals surface area contributed by atoms with Crippen LogP contribution in [0.5, 0.6) is 0 Å². The predicted octanol–water partition coefficient (Wildman–Crippen LogP) is 1.74. The molecule has 5 heteroatoms. The number of nitrogens with zero attached hydrogens (tertiary/aromatic N) is 1. The van der Waals surface area contributed by atoms with E-state index < -0.39 is 0 Å². The topological polar surface area (TPSA) is 58.6 Å². The van der Waals surface area contributed by atoms with Gasteiger partial charge in [0.1, 0.15) is 6.29 Å². The number of anilines is 1. The Morgan fingerprint density at radius 2 is 2.32 bits per heavy atom. The summed E-state index contributed by atoms with van der Waals surface area (Å²) in [6.07, 6.45) is 1.35. The minimum absolute atomic E-state index is 0.109. The Morgan fingerprint density at radius 1 is 1.53 bits per heavy atom. The molecule has 1 aromatic rings. The molecule has 1 atom stereocenters. The van der Waals surface area contributed by atoms with Crippen LogP contribution >= 0.6 is 0 Å². The van der Waals surface area contributed by atoms with Gasteiger partial charge in [-0.15, -0.1) is 0 Å². The molecule has 1 amide bonds. The number of benzene rings is 1. The van der Waals surface area contributed by atoms with Crippen LogP contribution in [-0.2, 0) is 4.74 Å². The third-order valence-corrected chi connectivity index (χ3v) is 3.39. The van der Waals surface area contributed by atoms with Crippen LogP contribution < -0.4 is 10.2 Å². The van der Waals surface area contributed by atoms with Crippen molar-refractivity contribution in [1.29, 1.82) is 0 Å². The van der Waals surface area contributed by atoms with Crippen LogP contribution in [-0.4, -0.2) is 38.6 Å². The van der Waals surface area contributed by atoms with Gasteiger partial charge in [-0.05, 0) is 37.1 Å². The number of hydrogen-bond donors (Lipinski definition) is 1. The van der Waals surface area contributed by atoms with Gasteiger partial charge in [-0.1, -0.05) is 0 Å². The first-order valence-corrected chi connectivity index (χ1v) is 6.29. The summed E-state index contributed by atoms with van der Waals surface area (Å²) in [6.45, 7) is 3.63. The molecule has 1 aliphatic rings. The second-order valence-electron chi connectivity index (χ2n) is 4.73. The highest BCUT2D eigenvalue weighted by Crippen LogP contribution is 2.24. The van der Waals surface area contributed by atoms with Crippen LogP contribution in [0.2, 0.25) is 0 Å². The molecular weight excluding hydrogens is 244 g/mol. The van der Waals surface area contributed by atoms with E-state index in [2.05, 4.69) is 15.0 Å². The highest BCUT2D eigenvalue weighted by atomic mass is 16.5. The zero-order valence-electron chi connectivity index (χ0n) is 11.2. The molecule has 0 radical (unpaired) electrons. The summed E-state index contributed by atoms with van der Waals surface area (Å²) in [6, 6.07) is 5.76. The number of amides is 1. The third kappa shape index (κ3) is 3.05. The molecule has 0 aliphatic carbocycles. The maximum atomic E-state index is 11.2. The monoisotopic (exact) mass is 262 g/mol. The van der Waals surface area contributed by atoms with Crippen LogP contribution in [0.4, 0.5) is 10.5 Å². The predicted molar refractivity (Wildman–Crippen MR) is 72.7 cm³/mol. The minimum atomic E-state index is -0.389. The molecule has 102 valence electrons. The van der Waals surface area contributed by atoms with E-state index in [0.29, 0.717) is 5.56 Å². The first-order valence-electron chi connectivity index (χ1n) is 6.29. The van der Waals surface area contributed by atoms with Crippen molar-refractivity contribution in [2.45, 2.75) is 19.4 Å². The van der Waals surface area contributed by atoms with Gasteiger partial charge >= 0.3 is 6.09 Å². The number of nitrogens with one attached hydrogen (secondary N) is 1. The molecule has 1 N–H and O–H groups in total. The lowest BCUT2D eigenvalue weighted by molar-refractivity contribution is 0.112. The van der Waals surface area contributed by atoms with Crippen LogP contribution in [0, 0.1) is 6.92 Å². The molecule has 1 aliphatic heterocycles. The maximum Gasteiger partial charge on any atom is 0.407 e. The standard InChI is InChI=1S/C14H18N2O3/c1-10-7-11(9-17)3-4-13(10)16-6-5-12(8-16)15-14(18)19-2/h3-4,7,9,12H,5-6,8H2,1-2H3,(H,15,18). The van der Waals surface area contributed by atoms with Gasteiger partial charge in [0.05, 0.1) is 13.2 Å². The Labute approximate surface area is 112 Å². The van der Waals surface area contributed by atoms with Crippen LogP contribution in [0.25, 0.3) is 0 Å². The summed E-state index contributed by atoms with van der Waals surface area (Å²) >= 11 is 0. The second-order valence-corrected chi connectivity index (χ2v) is 4.73. The van der Waals surface area contributed by atoms with Crippen molar-refractivity contribution >= 4 is 18.1 Å². The van der Waals surface area contributed by atoms with E-state index in [1.807, 2.05) is 25.1 Å². The van der Waals surface area contributed by atoms with Crippen molar-refractivity contribution in [2.75, 3.05) is 25.1 Å². The fraction of sp³-hybridized carbons (Fsp3) is 0.429. The smallest absolute Gasteiger partial charge is 0.407 e. The molecule has 5 nitrogen and oxygen atoms in total. The number of hydrogen-bond acceptors (Lipinski definition) is 4. The number of rotatable bonds is 3. The summed E-state index contributed by atoms with van der Waals surface area (Å²) in [7, 11) is 1.37. The highest BCUT2D eigenvalue weighted by molar-refractivity contribution is 5.77. The van der Waals surface area contributed by atoms with Gasteiger partial charge in [-0.25, -0.2) is 4.79 Å². The van der Waals surface area contributed by atoms with Gasteiger partial charge < -0.3 is 15.0 Å². The maximum absolute atomic E-state index is 11.2. The number of aryl methyl sites for hydroxylation is 1. The lowest BCUT2D eigenvalue weighted by Gasteiger charge is -2.21. The number of carbonyl (C=O) groups excluding carboxylic acids is 2. The third-order valence-electron chi connectivity index (χ3n) is 3.39. The van der Waals surface area contributed by atoms with Gasteiger partial charge in [-0.3, -0.25) is 4.79 Å². The molecule has 0 aromatic heterocycles. The number of methoxy groups -OCH3 is 1. The fourth-order valence-electron chi connectivity index (χ4n) is 2.43. The van der Waals surface area contributed by atoms with E-state index >= 15 is 0 Å². The SMILES string of the molecule is COC(=O)NC1CCN(c2ccc(C=O)cc2C)C1. The first-order chi connectivity index (χ1) is 9.13. The molecule has 1 unspecified atom stereocenters. The van der Waals surface area contributed by atoms with Crippen LogP contribution in [0.1, 0.15) is 22.3 Å². The minimum Gasteiger partial charge on any atom is -0.453 e. The number of aldehydes is 1. The van der Waals surface area contributed by atoms with E-state index in [4.69, 9.17) is 0 Å². The number of carbonyl (C=O) groups is 2. The molecule has 2 rings (SSSR count). The lowest BCUT2D eigenvalue weighted by Crippen LogP contribution is -2.37. The zero-order valence-corrected chi connectivity index (χ0v) is 11.2. The molecule has 0 spiro atoms. The van der Waals surface area contributed by atoms with Crippen molar-refractivity contribution in [2.24, 2.45) is 0 Å². The van der Waals surface area contributed by atoms with Crippen LogP contribution in [0.3, 0.4) is 0 Å². The second kappa shape index (κ2) is 5.73. The van der Waals surface area contributed by atoms with Gasteiger partial charge in [0.25, 0.3) is 0 Å². The summed E-state index contributed by atoms with van der Waals surface area (Å²) in [5.74, 6) is 0. The Bertz CT molecular complexity index is 488. The van der Waals surface area contributed by atoms with Gasteiger partial charge in [0.15, 0.2) is 0 Å². The molecular formula is C14H18N2O3. The first kappa shape index (κ1) is 13.4. The molecule has 1 heterocycles. The Morgan fingerprint density at radius 3 is 2.95 bits per heavy atom. The Hall–Kier alpha value is -2.04. The molecule has 0 saturated carbocycles. The van der Waals surface area contributed by atoms with Crippen LogP contribution in [0.15, 0.2) is 18.2 Å². The van der Waals surface area contributed by atoms with E-state index in [1.165, 1.54) is 7.11 Å². The molecule has 1 saturated heterocycles. The van der Waals surface area contributed by atoms with Crippen molar-refractivity contribution in [3.63, 3.8) is 0 Å². The zero-order chi connectivity index (χ0) is 13.8. The van der Waals surface area contributed by atoms with Gasteiger partial charge in [-0.2, -0.15) is 0 Å². The lowest BCUT2D eigenvalue weighted by atomic mass is 10.1. The van der Waals surface area contributed by atoms with Crippen molar-refractivity contribution in [3.8, 4) is 0 Å². The molecule has 19 heavy (non-hydrogen) atoms. The summed E-state index contributed by atoms with van der Waals surface area (Å²) < 4.78 is 4.60. The Kier molecular flexibility index (Phi) is 4.04. The largest absolute Gasteiger partial charge is 0.453 e. The summed E-state index contributed by atoms with van der Waals surface area (Å²) in [4.78, 5) is 24.1. The number of alkyl carbamates (subject to hydrolysis) is 1. The molecule has 1 fully saturated rings. The van der Waals surface area contributed by atoms with Crippen molar-refractivity contribution in [3.05, 3.63) is 29.3 Å². The normalized spacial score (nSPS) is 18.2. The average molecular weight is 262 g/mol. The van der Waals surface area contributed by atoms with E-state index in [1.54, 1.807) is 0 Å². The van der Waals surface area contributed by atoms with Crippen molar-refractivity contribution < 1.29 is 14.3 Å². The number of ether oxygens (including phenoxy) is 1. The average Bonchev–Trinajstić information content (AvgIpc) is 2.86. The quantitative estimate of drug-likeness (QED) is 0.843. The van der Waals surface area contributed by atoms with E-state index in [9.17, 15) is 9.59 Å². The summed E-state index contributed by atoms with van der Waals surface area (Å²) in [5.41, 5.74) is 2.87. The van der Waals surface area contributed by atoms with E-state index in [-0.39, 0.29) is 12.1 Å². The molecule has 0 bridgehead atoms. The van der Waals surface area contributed by atoms with Gasteiger partial charge in [0.2, 0.25) is 0 Å². The summed E-state index contributed by atoms with van der Waals surface area (Å²) in [5, 5.41) is 2.81. The molecule has 1 aromatic carbocycles. The highest BCUT2D eigenvalue weighted by Gasteiger charge is 2.25. The Balaban J connectivity index is 2.04. The van der Waals surface area contributed by atoms with Crippen molar-refractivity contribution in [1.82, 2.24) is 5.32 Å². The fourth-order valence-corrected chi connectivity index (χ4v) is 2.43. The van der Waals surface area contributed by atoms with Gasteiger partial charge in [0, 0.05) is 24.3 Å².